The van der Waals surface area contributed by atoms with Crippen molar-refractivity contribution in [3.05, 3.63) is 71.3 Å². The lowest BCUT2D eigenvalue weighted by molar-refractivity contribution is 0.0228. The SMILES string of the molecule is CCSCc1ccc(C(=O)N(Cc2ccccc2)C(C)CN2CCOCC2)cc1. The van der Waals surface area contributed by atoms with Crippen molar-refractivity contribution in [3.63, 3.8) is 0 Å². The molecule has 0 spiro atoms. The van der Waals surface area contributed by atoms with Gasteiger partial charge >= 0.3 is 0 Å². The maximum atomic E-state index is 13.4. The lowest BCUT2D eigenvalue weighted by Gasteiger charge is -2.35. The summed E-state index contributed by atoms with van der Waals surface area (Å²) in [7, 11) is 0. The van der Waals surface area contributed by atoms with Gasteiger partial charge in [-0.1, -0.05) is 49.4 Å². The van der Waals surface area contributed by atoms with Crippen LogP contribution in [0.2, 0.25) is 0 Å². The second-order valence-electron chi connectivity index (χ2n) is 7.51. The number of hydrogen-bond donors (Lipinski definition) is 0. The first-order valence-corrected chi connectivity index (χ1v) is 11.6. The molecular weight excluding hydrogens is 380 g/mol. The molecule has 1 aliphatic rings. The minimum Gasteiger partial charge on any atom is -0.379 e. The molecule has 0 N–H and O–H groups in total. The highest BCUT2D eigenvalue weighted by molar-refractivity contribution is 7.98. The molecule has 1 heterocycles. The fourth-order valence-corrected chi connectivity index (χ4v) is 4.23. The molecule has 0 saturated carbocycles. The van der Waals surface area contributed by atoms with E-state index in [1.165, 1.54) is 5.56 Å². The standard InChI is InChI=1S/C24H32N2O2S/c1-3-29-19-22-9-11-23(12-10-22)24(27)26(18-21-7-5-4-6-8-21)20(2)17-25-13-15-28-16-14-25/h4-12,20H,3,13-19H2,1-2H3. The van der Waals surface area contributed by atoms with Crippen molar-refractivity contribution < 1.29 is 9.53 Å². The van der Waals surface area contributed by atoms with E-state index in [0.29, 0.717) is 6.54 Å². The molecule has 1 amide bonds. The number of carbonyl (C=O) groups excluding carboxylic acids is 1. The van der Waals surface area contributed by atoms with Gasteiger partial charge in [-0.05, 0) is 35.9 Å². The van der Waals surface area contributed by atoms with Crippen molar-refractivity contribution in [1.82, 2.24) is 9.80 Å². The Balaban J connectivity index is 1.74. The fourth-order valence-electron chi connectivity index (χ4n) is 3.59. The van der Waals surface area contributed by atoms with Crippen LogP contribution in [0.5, 0.6) is 0 Å². The van der Waals surface area contributed by atoms with Gasteiger partial charge in [0.05, 0.1) is 13.2 Å². The summed E-state index contributed by atoms with van der Waals surface area (Å²) in [5.41, 5.74) is 3.19. The third-order valence-corrected chi connectivity index (χ3v) is 6.23. The quantitative estimate of drug-likeness (QED) is 0.615. The molecule has 1 unspecified atom stereocenters. The maximum Gasteiger partial charge on any atom is 0.254 e. The molecule has 29 heavy (non-hydrogen) atoms. The van der Waals surface area contributed by atoms with Crippen LogP contribution in [0.1, 0.15) is 35.3 Å². The van der Waals surface area contributed by atoms with Crippen LogP contribution in [0, 0.1) is 0 Å². The van der Waals surface area contributed by atoms with Gasteiger partial charge in [-0.3, -0.25) is 9.69 Å². The predicted molar refractivity (Wildman–Crippen MR) is 121 cm³/mol. The van der Waals surface area contributed by atoms with Crippen molar-refractivity contribution in [1.29, 1.82) is 0 Å². The number of morpholine rings is 1. The van der Waals surface area contributed by atoms with E-state index in [2.05, 4.69) is 43.0 Å². The third-order valence-electron chi connectivity index (χ3n) is 5.29. The van der Waals surface area contributed by atoms with Gasteiger partial charge in [-0.15, -0.1) is 0 Å². The summed E-state index contributed by atoms with van der Waals surface area (Å²) in [6.07, 6.45) is 0. The molecule has 0 aromatic heterocycles. The number of amides is 1. The number of thioether (sulfide) groups is 1. The Hall–Kier alpha value is -1.82. The van der Waals surface area contributed by atoms with E-state index in [-0.39, 0.29) is 11.9 Å². The van der Waals surface area contributed by atoms with Gasteiger partial charge in [0.2, 0.25) is 0 Å². The van der Waals surface area contributed by atoms with Gasteiger partial charge < -0.3 is 9.64 Å². The lowest BCUT2D eigenvalue weighted by atomic mass is 10.1. The Kier molecular flexibility index (Phi) is 8.59. The predicted octanol–water partition coefficient (Wildman–Crippen LogP) is 4.30. The Morgan fingerprint density at radius 2 is 1.76 bits per heavy atom. The molecule has 2 aromatic rings. The molecule has 2 aromatic carbocycles. The number of carbonyl (C=O) groups is 1. The van der Waals surface area contributed by atoms with Gasteiger partial charge in [0.1, 0.15) is 0 Å². The van der Waals surface area contributed by atoms with E-state index in [1.54, 1.807) is 0 Å². The van der Waals surface area contributed by atoms with Crippen LogP contribution in [0.3, 0.4) is 0 Å². The van der Waals surface area contributed by atoms with Crippen LogP contribution in [0.4, 0.5) is 0 Å². The Labute approximate surface area is 179 Å². The average Bonchev–Trinajstić information content (AvgIpc) is 2.77. The molecule has 0 radical (unpaired) electrons. The third kappa shape index (κ3) is 6.59. The molecule has 1 fully saturated rings. The van der Waals surface area contributed by atoms with Crippen molar-refractivity contribution in [2.75, 3.05) is 38.6 Å². The van der Waals surface area contributed by atoms with E-state index in [9.17, 15) is 4.79 Å². The van der Waals surface area contributed by atoms with Crippen LogP contribution in [-0.4, -0.2) is 60.3 Å². The minimum atomic E-state index is 0.101. The Bertz CT molecular complexity index is 745. The number of hydrogen-bond acceptors (Lipinski definition) is 4. The number of rotatable bonds is 9. The Morgan fingerprint density at radius 3 is 2.41 bits per heavy atom. The molecule has 5 heteroatoms. The summed E-state index contributed by atoms with van der Waals surface area (Å²) in [6.45, 7) is 9.23. The van der Waals surface area contributed by atoms with Gasteiger partial charge in [0, 0.05) is 43.5 Å². The Morgan fingerprint density at radius 1 is 1.07 bits per heavy atom. The van der Waals surface area contributed by atoms with Crippen LogP contribution >= 0.6 is 11.8 Å². The van der Waals surface area contributed by atoms with Gasteiger partial charge in [-0.25, -0.2) is 0 Å². The van der Waals surface area contributed by atoms with Gasteiger partial charge in [0.15, 0.2) is 0 Å². The van der Waals surface area contributed by atoms with Crippen LogP contribution in [0.15, 0.2) is 54.6 Å². The van der Waals surface area contributed by atoms with Gasteiger partial charge in [-0.2, -0.15) is 11.8 Å². The summed E-state index contributed by atoms with van der Waals surface area (Å²) >= 11 is 1.90. The molecule has 1 aliphatic heterocycles. The van der Waals surface area contributed by atoms with E-state index >= 15 is 0 Å². The van der Waals surface area contributed by atoms with Gasteiger partial charge in [0.25, 0.3) is 5.91 Å². The zero-order valence-electron chi connectivity index (χ0n) is 17.5. The smallest absolute Gasteiger partial charge is 0.254 e. The summed E-state index contributed by atoms with van der Waals surface area (Å²) in [6, 6.07) is 18.5. The van der Waals surface area contributed by atoms with Crippen molar-refractivity contribution in [3.8, 4) is 0 Å². The van der Waals surface area contributed by atoms with Crippen LogP contribution in [0.25, 0.3) is 0 Å². The summed E-state index contributed by atoms with van der Waals surface area (Å²) in [5.74, 6) is 2.20. The van der Waals surface area contributed by atoms with Crippen molar-refractivity contribution in [2.24, 2.45) is 0 Å². The first-order valence-electron chi connectivity index (χ1n) is 10.5. The molecule has 0 aliphatic carbocycles. The first-order chi connectivity index (χ1) is 14.2. The second-order valence-corrected chi connectivity index (χ2v) is 8.79. The molecule has 156 valence electrons. The number of benzene rings is 2. The van der Waals surface area contributed by atoms with E-state index in [1.807, 2.05) is 47.0 Å². The molecule has 1 saturated heterocycles. The molecule has 4 nitrogen and oxygen atoms in total. The lowest BCUT2D eigenvalue weighted by Crippen LogP contribution is -2.48. The van der Waals surface area contributed by atoms with Crippen LogP contribution < -0.4 is 0 Å². The van der Waals surface area contributed by atoms with E-state index in [4.69, 9.17) is 4.74 Å². The minimum absolute atomic E-state index is 0.101. The van der Waals surface area contributed by atoms with Crippen molar-refractivity contribution in [2.45, 2.75) is 32.2 Å². The molecule has 3 rings (SSSR count). The highest BCUT2D eigenvalue weighted by Crippen LogP contribution is 2.17. The first kappa shape index (κ1) is 21.9. The summed E-state index contributed by atoms with van der Waals surface area (Å²) in [5, 5.41) is 0. The molecular formula is C24H32N2O2S. The highest BCUT2D eigenvalue weighted by atomic mass is 32.2. The van der Waals surface area contributed by atoms with Crippen molar-refractivity contribution >= 4 is 17.7 Å². The van der Waals surface area contributed by atoms with E-state index < -0.39 is 0 Å². The molecule has 1 atom stereocenters. The maximum absolute atomic E-state index is 13.4. The normalized spacial score (nSPS) is 15.8. The molecule has 0 bridgehead atoms. The number of ether oxygens (including phenoxy) is 1. The summed E-state index contributed by atoms with van der Waals surface area (Å²) < 4.78 is 5.47. The topological polar surface area (TPSA) is 32.8 Å². The van der Waals surface area contributed by atoms with Crippen LogP contribution in [-0.2, 0) is 17.0 Å². The second kappa shape index (κ2) is 11.4. The fraction of sp³-hybridized carbons (Fsp3) is 0.458. The zero-order valence-corrected chi connectivity index (χ0v) is 18.4. The summed E-state index contributed by atoms with van der Waals surface area (Å²) in [4.78, 5) is 17.8. The van der Waals surface area contributed by atoms with E-state index in [0.717, 1.165) is 55.5 Å². The number of nitrogens with zero attached hydrogens (tertiary/aromatic N) is 2. The average molecular weight is 413 g/mol. The monoisotopic (exact) mass is 412 g/mol. The highest BCUT2D eigenvalue weighted by Gasteiger charge is 2.24. The zero-order chi connectivity index (χ0) is 20.5. The largest absolute Gasteiger partial charge is 0.379 e.